The fourth-order valence-electron chi connectivity index (χ4n) is 2.93. The topological polar surface area (TPSA) is 42.7 Å². The number of nitrogens with zero attached hydrogens (tertiary/aromatic N) is 3. The third kappa shape index (κ3) is 3.40. The maximum atomic E-state index is 13.6. The van der Waals surface area contributed by atoms with Crippen LogP contribution in [0.5, 0.6) is 0 Å². The first-order chi connectivity index (χ1) is 13.5. The largest absolute Gasteiger partial charge is 0.376 e. The number of benzene rings is 2. The van der Waals surface area contributed by atoms with Crippen molar-refractivity contribution in [2.75, 3.05) is 5.32 Å². The highest BCUT2D eigenvalue weighted by Crippen LogP contribution is 2.23. The lowest BCUT2D eigenvalue weighted by Gasteiger charge is -2.10. The molecule has 2 aromatic heterocycles. The first-order valence-electron chi connectivity index (χ1n) is 8.44. The highest BCUT2D eigenvalue weighted by atomic mass is 19.2. The number of anilines is 1. The van der Waals surface area contributed by atoms with E-state index < -0.39 is 29.2 Å². The number of hydrogen-bond acceptors (Lipinski definition) is 3. The molecular formula is C20H14F4N4. The number of aromatic nitrogens is 3. The molecule has 8 heteroatoms. The molecule has 0 bridgehead atoms. The summed E-state index contributed by atoms with van der Waals surface area (Å²) in [7, 11) is 0. The van der Waals surface area contributed by atoms with Crippen LogP contribution in [0.2, 0.25) is 0 Å². The molecule has 0 amide bonds. The summed E-state index contributed by atoms with van der Waals surface area (Å²) in [6.45, 7) is 0.600. The molecule has 0 radical (unpaired) electrons. The molecule has 4 nitrogen and oxygen atoms in total. The van der Waals surface area contributed by atoms with Crippen LogP contribution in [0, 0.1) is 23.5 Å². The van der Waals surface area contributed by atoms with Crippen molar-refractivity contribution in [3.63, 3.8) is 0 Å². The molecule has 142 valence electrons. The SMILES string of the molecule is Fc1nc(F)c(F)c(NCc2ccc(Cn3cnc4ccccc43)cc2)c1F. The van der Waals surface area contributed by atoms with Crippen molar-refractivity contribution in [1.82, 2.24) is 14.5 Å². The Hall–Kier alpha value is -3.42. The summed E-state index contributed by atoms with van der Waals surface area (Å²) >= 11 is 0. The minimum Gasteiger partial charge on any atom is -0.376 e. The van der Waals surface area contributed by atoms with E-state index in [1.54, 1.807) is 18.5 Å². The summed E-state index contributed by atoms with van der Waals surface area (Å²) in [5.74, 6) is -6.49. The molecule has 4 aromatic rings. The number of para-hydroxylation sites is 2. The zero-order chi connectivity index (χ0) is 19.7. The quantitative estimate of drug-likeness (QED) is 0.401. The number of rotatable bonds is 5. The average Bonchev–Trinajstić information content (AvgIpc) is 3.11. The number of fused-ring (bicyclic) bond motifs is 1. The average molecular weight is 386 g/mol. The second kappa shape index (κ2) is 7.30. The second-order valence-corrected chi connectivity index (χ2v) is 6.23. The van der Waals surface area contributed by atoms with Gasteiger partial charge in [0.15, 0.2) is 0 Å². The summed E-state index contributed by atoms with van der Waals surface area (Å²) in [4.78, 5) is 6.87. The van der Waals surface area contributed by atoms with E-state index in [-0.39, 0.29) is 6.54 Å². The van der Waals surface area contributed by atoms with Gasteiger partial charge in [-0.3, -0.25) is 0 Å². The van der Waals surface area contributed by atoms with Gasteiger partial charge in [0.25, 0.3) is 11.9 Å². The van der Waals surface area contributed by atoms with Crippen molar-refractivity contribution in [2.24, 2.45) is 0 Å². The lowest BCUT2D eigenvalue weighted by Crippen LogP contribution is -2.09. The molecule has 0 unspecified atom stereocenters. The van der Waals surface area contributed by atoms with Gasteiger partial charge < -0.3 is 9.88 Å². The van der Waals surface area contributed by atoms with Gasteiger partial charge in [0.2, 0.25) is 11.6 Å². The number of nitrogens with one attached hydrogen (secondary N) is 1. The van der Waals surface area contributed by atoms with Crippen LogP contribution in [-0.4, -0.2) is 14.5 Å². The number of pyridine rings is 1. The molecular weight excluding hydrogens is 372 g/mol. The van der Waals surface area contributed by atoms with E-state index in [0.717, 1.165) is 16.6 Å². The predicted octanol–water partition coefficient (Wildman–Crippen LogP) is 4.65. The summed E-state index contributed by atoms with van der Waals surface area (Å²) < 4.78 is 55.6. The fourth-order valence-corrected chi connectivity index (χ4v) is 2.93. The summed E-state index contributed by atoms with van der Waals surface area (Å²) in [5.41, 5.74) is 2.74. The van der Waals surface area contributed by atoms with E-state index in [4.69, 9.17) is 0 Å². The number of halogens is 4. The molecule has 1 N–H and O–H groups in total. The Balaban J connectivity index is 1.47. The minimum atomic E-state index is -1.69. The van der Waals surface area contributed by atoms with Gasteiger partial charge in [0.05, 0.1) is 17.4 Å². The smallest absolute Gasteiger partial charge is 0.253 e. The van der Waals surface area contributed by atoms with Crippen molar-refractivity contribution in [3.05, 3.63) is 89.5 Å². The van der Waals surface area contributed by atoms with E-state index in [2.05, 4.69) is 15.3 Å². The Labute approximate surface area is 157 Å². The normalized spacial score (nSPS) is 11.1. The fraction of sp³-hybridized carbons (Fsp3) is 0.100. The lowest BCUT2D eigenvalue weighted by molar-refractivity contribution is 0.410. The lowest BCUT2D eigenvalue weighted by atomic mass is 10.1. The molecule has 0 aliphatic heterocycles. The monoisotopic (exact) mass is 386 g/mol. The summed E-state index contributed by atoms with van der Waals surface area (Å²) in [5, 5.41) is 2.38. The summed E-state index contributed by atoms with van der Waals surface area (Å²) in [6, 6.07) is 15.1. The van der Waals surface area contributed by atoms with Gasteiger partial charge in [-0.05, 0) is 23.3 Å². The molecule has 0 saturated heterocycles. The number of imidazole rings is 1. The van der Waals surface area contributed by atoms with Gasteiger partial charge in [0.1, 0.15) is 5.69 Å². The molecule has 4 rings (SSSR count). The van der Waals surface area contributed by atoms with E-state index in [0.29, 0.717) is 12.1 Å². The second-order valence-electron chi connectivity index (χ2n) is 6.23. The minimum absolute atomic E-state index is 0.00891. The van der Waals surface area contributed by atoms with Crippen molar-refractivity contribution in [3.8, 4) is 0 Å². The third-order valence-electron chi connectivity index (χ3n) is 4.37. The van der Waals surface area contributed by atoms with E-state index in [1.807, 2.05) is 41.0 Å². The highest BCUT2D eigenvalue weighted by Gasteiger charge is 2.20. The van der Waals surface area contributed by atoms with Gasteiger partial charge in [-0.1, -0.05) is 36.4 Å². The maximum Gasteiger partial charge on any atom is 0.253 e. The van der Waals surface area contributed by atoms with Crippen LogP contribution in [0.15, 0.2) is 54.9 Å². The van der Waals surface area contributed by atoms with Gasteiger partial charge in [-0.2, -0.15) is 22.5 Å². The first kappa shape index (κ1) is 18.0. The molecule has 28 heavy (non-hydrogen) atoms. The van der Waals surface area contributed by atoms with Crippen molar-refractivity contribution < 1.29 is 17.6 Å². The molecule has 0 aliphatic carbocycles. The van der Waals surface area contributed by atoms with Crippen LogP contribution in [0.3, 0.4) is 0 Å². The molecule has 2 heterocycles. The Kier molecular flexibility index (Phi) is 4.68. The Morgan fingerprint density at radius 1 is 0.821 bits per heavy atom. The maximum absolute atomic E-state index is 13.6. The van der Waals surface area contributed by atoms with Crippen LogP contribution in [0.1, 0.15) is 11.1 Å². The third-order valence-corrected chi connectivity index (χ3v) is 4.37. The molecule has 0 fully saturated rings. The van der Waals surface area contributed by atoms with Crippen LogP contribution >= 0.6 is 0 Å². The molecule has 0 spiro atoms. The van der Waals surface area contributed by atoms with Crippen LogP contribution in [0.25, 0.3) is 11.0 Å². The van der Waals surface area contributed by atoms with Crippen molar-refractivity contribution >= 4 is 16.7 Å². The van der Waals surface area contributed by atoms with Gasteiger partial charge >= 0.3 is 0 Å². The molecule has 0 atom stereocenters. The Morgan fingerprint density at radius 3 is 2.18 bits per heavy atom. The highest BCUT2D eigenvalue weighted by molar-refractivity contribution is 5.75. The van der Waals surface area contributed by atoms with Gasteiger partial charge in [-0.15, -0.1) is 0 Å². The first-order valence-corrected chi connectivity index (χ1v) is 8.44. The van der Waals surface area contributed by atoms with Crippen LogP contribution in [0.4, 0.5) is 23.2 Å². The Morgan fingerprint density at radius 2 is 1.46 bits per heavy atom. The standard InChI is InChI=1S/C20H14F4N4/c21-16-18(17(22)20(24)27-19(16)23)25-9-12-5-7-13(8-6-12)10-28-11-26-14-3-1-2-4-15(14)28/h1-8,11H,9-10H2,(H,25,27). The van der Waals surface area contributed by atoms with Crippen molar-refractivity contribution in [2.45, 2.75) is 13.1 Å². The van der Waals surface area contributed by atoms with Gasteiger partial charge in [-0.25, -0.2) is 4.98 Å². The zero-order valence-electron chi connectivity index (χ0n) is 14.5. The molecule has 2 aromatic carbocycles. The summed E-state index contributed by atoms with van der Waals surface area (Å²) in [6.07, 6.45) is 1.76. The number of hydrogen-bond donors (Lipinski definition) is 1. The van der Waals surface area contributed by atoms with Crippen LogP contribution < -0.4 is 5.32 Å². The van der Waals surface area contributed by atoms with E-state index in [9.17, 15) is 17.6 Å². The van der Waals surface area contributed by atoms with Crippen LogP contribution in [-0.2, 0) is 13.1 Å². The Bertz CT molecular complexity index is 1110. The van der Waals surface area contributed by atoms with Crippen molar-refractivity contribution in [1.29, 1.82) is 0 Å². The zero-order valence-corrected chi connectivity index (χ0v) is 14.5. The van der Waals surface area contributed by atoms with Gasteiger partial charge in [0, 0.05) is 13.1 Å². The molecule has 0 saturated carbocycles. The molecule has 0 aliphatic rings. The van der Waals surface area contributed by atoms with E-state index in [1.165, 1.54) is 0 Å². The predicted molar refractivity (Wildman–Crippen MR) is 96.7 cm³/mol. The van der Waals surface area contributed by atoms with E-state index >= 15 is 0 Å².